The highest BCUT2D eigenvalue weighted by Gasteiger charge is 2.30. The number of nitrogens with one attached hydrogen (secondary N) is 1. The van der Waals surface area contributed by atoms with Gasteiger partial charge in [0.2, 0.25) is 5.95 Å². The molecule has 2 aliphatic rings. The molecule has 2 saturated heterocycles. The minimum atomic E-state index is -4.28. The molecule has 0 radical (unpaired) electrons. The van der Waals surface area contributed by atoms with Gasteiger partial charge in [0, 0.05) is 30.9 Å². The number of carbonyl (C=O) groups is 2. The maximum atomic E-state index is 13.7. The smallest absolute Gasteiger partial charge is 0.268 e. The molecule has 2 amide bonds. The molecule has 2 aliphatic heterocycles. The standard InChI is InChI=1S/C37H40ClN5O6S/c1-25-6-3-4-7-27(25)11-15-32-31(23-39-37(40-32)43-17-5-8-33(43)28-9-12-29(38)13-10-28)36(45)41-50(46,47)30-14-16-34(26(2)22-30)49-24-35(44)42-18-20-48-21-19-42/h3-4,6-7,9-10,12-14,16,22-23,33H,5,8,11,15,17-21,24H2,1-2H3,(H,41,45)/t33-/m0/s1. The number of rotatable bonds is 11. The first-order chi connectivity index (χ1) is 24.1. The fourth-order valence-corrected chi connectivity index (χ4v) is 7.51. The molecule has 0 bridgehead atoms. The Balaban J connectivity index is 1.21. The lowest BCUT2D eigenvalue weighted by atomic mass is 10.0. The Bertz CT molecular complexity index is 1970. The summed E-state index contributed by atoms with van der Waals surface area (Å²) >= 11 is 6.14. The highest BCUT2D eigenvalue weighted by molar-refractivity contribution is 7.90. The molecule has 6 rings (SSSR count). The van der Waals surface area contributed by atoms with E-state index >= 15 is 0 Å². The molecule has 1 atom stereocenters. The van der Waals surface area contributed by atoms with Crippen molar-refractivity contribution in [2.45, 2.75) is 50.5 Å². The van der Waals surface area contributed by atoms with E-state index in [4.69, 9.17) is 26.1 Å². The Labute approximate surface area is 297 Å². The number of anilines is 1. The van der Waals surface area contributed by atoms with E-state index in [9.17, 15) is 18.0 Å². The average Bonchev–Trinajstić information content (AvgIpc) is 3.61. The number of benzene rings is 3. The summed E-state index contributed by atoms with van der Waals surface area (Å²) in [7, 11) is -4.28. The quantitative estimate of drug-likeness (QED) is 0.222. The zero-order valence-electron chi connectivity index (χ0n) is 28.1. The SMILES string of the molecule is Cc1ccccc1CCc1nc(N2CCC[C@H]2c2ccc(Cl)cc2)ncc1C(=O)NS(=O)(=O)c1ccc(OCC(=O)N2CCOCC2)c(C)c1. The molecule has 13 heteroatoms. The van der Waals surface area contributed by atoms with Crippen molar-refractivity contribution in [1.82, 2.24) is 19.6 Å². The van der Waals surface area contributed by atoms with Crippen LogP contribution in [0.5, 0.6) is 5.75 Å². The van der Waals surface area contributed by atoms with Crippen LogP contribution in [0.4, 0.5) is 5.95 Å². The van der Waals surface area contributed by atoms with Gasteiger partial charge in [-0.1, -0.05) is 48.0 Å². The van der Waals surface area contributed by atoms with Crippen LogP contribution in [-0.4, -0.2) is 74.6 Å². The lowest BCUT2D eigenvalue weighted by molar-refractivity contribution is -0.137. The van der Waals surface area contributed by atoms with Crippen molar-refractivity contribution >= 4 is 39.4 Å². The van der Waals surface area contributed by atoms with Crippen LogP contribution < -0.4 is 14.4 Å². The predicted octanol–water partition coefficient (Wildman–Crippen LogP) is 5.23. The summed E-state index contributed by atoms with van der Waals surface area (Å²) in [5.74, 6) is -0.132. The molecular weight excluding hydrogens is 678 g/mol. The highest BCUT2D eigenvalue weighted by atomic mass is 35.5. The lowest BCUT2D eigenvalue weighted by Crippen LogP contribution is -2.43. The van der Waals surface area contributed by atoms with Gasteiger partial charge >= 0.3 is 0 Å². The lowest BCUT2D eigenvalue weighted by Gasteiger charge is -2.26. The summed E-state index contributed by atoms with van der Waals surface area (Å²) in [6.07, 6.45) is 4.29. The van der Waals surface area contributed by atoms with Gasteiger partial charge in [0.25, 0.3) is 21.8 Å². The normalized spacial score (nSPS) is 16.3. The van der Waals surface area contributed by atoms with Crippen LogP contribution in [0, 0.1) is 13.8 Å². The van der Waals surface area contributed by atoms with Gasteiger partial charge in [0.05, 0.1) is 35.4 Å². The number of carbonyl (C=O) groups excluding carboxylic acids is 2. The molecule has 0 unspecified atom stereocenters. The van der Waals surface area contributed by atoms with Gasteiger partial charge < -0.3 is 19.3 Å². The maximum absolute atomic E-state index is 13.7. The number of sulfonamides is 1. The van der Waals surface area contributed by atoms with Crippen molar-refractivity contribution in [2.24, 2.45) is 0 Å². The van der Waals surface area contributed by atoms with E-state index in [1.165, 1.54) is 24.4 Å². The van der Waals surface area contributed by atoms with Gasteiger partial charge in [-0.25, -0.2) is 23.1 Å². The molecule has 4 aromatic rings. The van der Waals surface area contributed by atoms with Gasteiger partial charge in [0.15, 0.2) is 6.61 Å². The van der Waals surface area contributed by atoms with Gasteiger partial charge in [-0.3, -0.25) is 9.59 Å². The van der Waals surface area contributed by atoms with E-state index in [2.05, 4.69) is 14.6 Å². The monoisotopic (exact) mass is 717 g/mol. The molecule has 1 N–H and O–H groups in total. The first-order valence-corrected chi connectivity index (χ1v) is 18.5. The van der Waals surface area contributed by atoms with Crippen LogP contribution in [0.25, 0.3) is 0 Å². The van der Waals surface area contributed by atoms with Crippen LogP contribution in [-0.2, 0) is 32.4 Å². The van der Waals surface area contributed by atoms with E-state index in [1.807, 2.05) is 55.5 Å². The first kappa shape index (κ1) is 35.3. The van der Waals surface area contributed by atoms with Crippen LogP contribution in [0.1, 0.15) is 57.2 Å². The third-order valence-corrected chi connectivity index (χ3v) is 10.7. The maximum Gasteiger partial charge on any atom is 0.268 e. The second kappa shape index (κ2) is 15.6. The third-order valence-electron chi connectivity index (χ3n) is 9.16. The van der Waals surface area contributed by atoms with Crippen molar-refractivity contribution in [3.05, 3.63) is 111 Å². The molecule has 1 aromatic heterocycles. The van der Waals surface area contributed by atoms with Gasteiger partial charge in [-0.2, -0.15) is 0 Å². The van der Waals surface area contributed by atoms with Crippen LogP contribution in [0.3, 0.4) is 0 Å². The predicted molar refractivity (Wildman–Crippen MR) is 190 cm³/mol. The van der Waals surface area contributed by atoms with Gasteiger partial charge in [0.1, 0.15) is 5.75 Å². The third kappa shape index (κ3) is 8.26. The minimum Gasteiger partial charge on any atom is -0.483 e. The molecule has 3 aromatic carbocycles. The second-order valence-electron chi connectivity index (χ2n) is 12.5. The summed E-state index contributed by atoms with van der Waals surface area (Å²) in [4.78, 5) is 39.4. The molecule has 50 heavy (non-hydrogen) atoms. The van der Waals surface area contributed by atoms with Crippen LogP contribution in [0.15, 0.2) is 77.8 Å². The summed E-state index contributed by atoms with van der Waals surface area (Å²) < 4.78 is 40.2. The largest absolute Gasteiger partial charge is 0.483 e. The zero-order valence-corrected chi connectivity index (χ0v) is 29.7. The van der Waals surface area contributed by atoms with E-state index in [0.717, 1.165) is 36.1 Å². The van der Waals surface area contributed by atoms with E-state index in [1.54, 1.807) is 11.8 Å². The Kier molecular flexibility index (Phi) is 11.0. The van der Waals surface area contributed by atoms with Gasteiger partial charge in [-0.15, -0.1) is 0 Å². The molecule has 3 heterocycles. The van der Waals surface area contributed by atoms with Crippen molar-refractivity contribution in [3.63, 3.8) is 0 Å². The summed E-state index contributed by atoms with van der Waals surface area (Å²) in [6, 6.07) is 20.0. The molecule has 0 spiro atoms. The van der Waals surface area contributed by atoms with E-state index in [0.29, 0.717) is 67.1 Å². The van der Waals surface area contributed by atoms with Crippen molar-refractivity contribution < 1.29 is 27.5 Å². The summed E-state index contributed by atoms with van der Waals surface area (Å²) in [6.45, 7) is 6.24. The van der Waals surface area contributed by atoms with E-state index < -0.39 is 15.9 Å². The molecule has 2 fully saturated rings. The summed E-state index contributed by atoms with van der Waals surface area (Å²) in [5, 5.41) is 0.661. The zero-order chi connectivity index (χ0) is 35.3. The molecule has 262 valence electrons. The van der Waals surface area contributed by atoms with E-state index in [-0.39, 0.29) is 29.0 Å². The number of aryl methyl sites for hydroxylation is 4. The number of nitrogens with zero attached hydrogens (tertiary/aromatic N) is 4. The Morgan fingerprint density at radius 3 is 2.48 bits per heavy atom. The van der Waals surface area contributed by atoms with Crippen LogP contribution >= 0.6 is 11.6 Å². The fraction of sp³-hybridized carbons (Fsp3) is 0.351. The second-order valence-corrected chi connectivity index (χ2v) is 14.6. The number of amides is 2. The number of hydrogen-bond donors (Lipinski definition) is 1. The molecular formula is C37H40ClN5O6S. The van der Waals surface area contributed by atoms with Crippen molar-refractivity contribution in [2.75, 3.05) is 44.4 Å². The number of aromatic nitrogens is 2. The van der Waals surface area contributed by atoms with Crippen molar-refractivity contribution in [1.29, 1.82) is 0 Å². The highest BCUT2D eigenvalue weighted by Crippen LogP contribution is 2.35. The topological polar surface area (TPSA) is 131 Å². The first-order valence-electron chi connectivity index (χ1n) is 16.7. The molecule has 11 nitrogen and oxygen atoms in total. The number of morpholine rings is 1. The summed E-state index contributed by atoms with van der Waals surface area (Å²) in [5.41, 5.74) is 4.37. The number of halogens is 1. The number of ether oxygens (including phenoxy) is 2. The Hall–Kier alpha value is -4.52. The Morgan fingerprint density at radius 1 is 0.980 bits per heavy atom. The Morgan fingerprint density at radius 2 is 1.74 bits per heavy atom. The minimum absolute atomic E-state index is 0.0456. The number of hydrogen-bond acceptors (Lipinski definition) is 9. The molecule has 0 saturated carbocycles. The fourth-order valence-electron chi connectivity index (χ4n) is 6.34. The average molecular weight is 718 g/mol. The van der Waals surface area contributed by atoms with Crippen molar-refractivity contribution in [3.8, 4) is 5.75 Å². The van der Waals surface area contributed by atoms with Gasteiger partial charge in [-0.05, 0) is 92.1 Å². The van der Waals surface area contributed by atoms with Crippen LogP contribution in [0.2, 0.25) is 5.02 Å². The molecule has 0 aliphatic carbocycles.